The van der Waals surface area contributed by atoms with Gasteiger partial charge in [0, 0.05) is 36.0 Å². The van der Waals surface area contributed by atoms with E-state index in [9.17, 15) is 19.1 Å². The lowest BCUT2D eigenvalue weighted by molar-refractivity contribution is 0.0117. The zero-order valence-corrected chi connectivity index (χ0v) is 20.4. The van der Waals surface area contributed by atoms with Crippen LogP contribution < -0.4 is 20.9 Å². The molecule has 2 aromatic carbocycles. The molecule has 6 rings (SSSR count). The van der Waals surface area contributed by atoms with Gasteiger partial charge in [-0.3, -0.25) is 25.0 Å². The summed E-state index contributed by atoms with van der Waals surface area (Å²) >= 11 is 1.70. The van der Waals surface area contributed by atoms with E-state index in [4.69, 9.17) is 4.74 Å². The van der Waals surface area contributed by atoms with Crippen LogP contribution in [0.15, 0.2) is 52.3 Å². The zero-order valence-electron chi connectivity index (χ0n) is 19.6. The van der Waals surface area contributed by atoms with Crippen molar-refractivity contribution in [2.75, 3.05) is 18.5 Å². The second-order valence-electron chi connectivity index (χ2n) is 9.06. The zero-order chi connectivity index (χ0) is 25.0. The normalized spacial score (nSPS) is 20.4. The number of carbonyl (C=O) groups is 1. The highest BCUT2D eigenvalue weighted by atomic mass is 32.2. The molecule has 2 atom stereocenters. The molecule has 0 aliphatic carbocycles. The maximum Gasteiger partial charge on any atom is 0.278 e. The van der Waals surface area contributed by atoms with Crippen molar-refractivity contribution in [2.45, 2.75) is 42.8 Å². The average Bonchev–Trinajstić information content (AvgIpc) is 3.06. The topological polar surface area (TPSA) is 95.8 Å². The highest BCUT2D eigenvalue weighted by Crippen LogP contribution is 2.38. The molecule has 1 fully saturated rings. The molecule has 2 unspecified atom stereocenters. The van der Waals surface area contributed by atoms with Crippen LogP contribution in [0.1, 0.15) is 39.7 Å². The van der Waals surface area contributed by atoms with Crippen LogP contribution in [0.2, 0.25) is 0 Å². The Bertz CT molecular complexity index is 1440. The number of pyridine rings is 1. The fourth-order valence-electron chi connectivity index (χ4n) is 5.18. The Kier molecular flexibility index (Phi) is 5.65. The smallest absolute Gasteiger partial charge is 0.278 e. The van der Waals surface area contributed by atoms with Gasteiger partial charge in [-0.05, 0) is 59.4 Å². The van der Waals surface area contributed by atoms with Gasteiger partial charge in [-0.25, -0.2) is 4.39 Å². The Labute approximate surface area is 211 Å². The molecule has 0 spiro atoms. The minimum Gasteiger partial charge on any atom is -0.502 e. The molecule has 4 heterocycles. The number of rotatable bonds is 3. The largest absolute Gasteiger partial charge is 0.502 e. The van der Waals surface area contributed by atoms with Crippen molar-refractivity contribution in [2.24, 2.45) is 0 Å². The molecule has 1 saturated heterocycles. The first-order valence-electron chi connectivity index (χ1n) is 11.9. The lowest BCUT2D eigenvalue weighted by Gasteiger charge is -2.45. The molecule has 3 aliphatic heterocycles. The summed E-state index contributed by atoms with van der Waals surface area (Å²) in [7, 11) is 0. The summed E-state index contributed by atoms with van der Waals surface area (Å²) in [6.07, 6.45) is 1.66. The number of piperazine rings is 1. The third kappa shape index (κ3) is 3.72. The Balaban J connectivity index is 1.28. The van der Waals surface area contributed by atoms with Gasteiger partial charge in [0.2, 0.25) is 5.43 Å². The van der Waals surface area contributed by atoms with Gasteiger partial charge < -0.3 is 14.7 Å². The Morgan fingerprint density at radius 2 is 2.06 bits per heavy atom. The Hall–Kier alpha value is -3.50. The summed E-state index contributed by atoms with van der Waals surface area (Å²) in [4.78, 5) is 27.7. The number of benzene rings is 2. The van der Waals surface area contributed by atoms with Crippen molar-refractivity contribution >= 4 is 17.7 Å². The van der Waals surface area contributed by atoms with E-state index in [0.29, 0.717) is 31.7 Å². The number of nitrogens with zero attached hydrogens (tertiary/aromatic N) is 2. The average molecular weight is 509 g/mol. The summed E-state index contributed by atoms with van der Waals surface area (Å²) in [5.74, 6) is 0.231. The van der Waals surface area contributed by atoms with Crippen molar-refractivity contribution < 1.29 is 19.0 Å². The van der Waals surface area contributed by atoms with E-state index in [1.807, 2.05) is 31.2 Å². The van der Waals surface area contributed by atoms with Crippen LogP contribution in [-0.2, 0) is 18.6 Å². The van der Waals surface area contributed by atoms with Gasteiger partial charge in [-0.15, -0.1) is 11.8 Å². The van der Waals surface area contributed by atoms with Gasteiger partial charge in [0.15, 0.2) is 23.8 Å². The Morgan fingerprint density at radius 3 is 2.89 bits per heavy atom. The highest BCUT2D eigenvalue weighted by Gasteiger charge is 2.42. The van der Waals surface area contributed by atoms with E-state index in [0.717, 1.165) is 32.9 Å². The molecular weight excluding hydrogens is 483 g/mol. The molecule has 3 aliphatic rings. The number of aromatic hydroxyl groups is 1. The number of thioether (sulfide) groups is 1. The fourth-order valence-corrected chi connectivity index (χ4v) is 6.32. The van der Waals surface area contributed by atoms with Crippen LogP contribution in [0.4, 0.5) is 4.39 Å². The van der Waals surface area contributed by atoms with Crippen LogP contribution in [-0.4, -0.2) is 46.1 Å². The molecule has 1 aromatic heterocycles. The lowest BCUT2D eigenvalue weighted by atomic mass is 9.95. The van der Waals surface area contributed by atoms with Crippen molar-refractivity contribution in [3.63, 3.8) is 0 Å². The number of nitrogens with one attached hydrogen (secondary N) is 2. The standard InChI is InChI=1S/C26H25FN4O4S/c1-2-17-18-13-36-21-6-4-16(12-15(21)11-14(18)3-5-19(17)27)35-25-24-29-31-9-7-20(32)23(33)22(31)26(34)30(24)10-8-28-25/h3-7,9,12,24-25,28-29,33H,2,8,10-11,13H2,1H3. The van der Waals surface area contributed by atoms with Gasteiger partial charge >= 0.3 is 0 Å². The predicted octanol–water partition coefficient (Wildman–Crippen LogP) is 2.79. The van der Waals surface area contributed by atoms with E-state index in [2.05, 4.69) is 10.7 Å². The highest BCUT2D eigenvalue weighted by molar-refractivity contribution is 7.98. The number of fused-ring (bicyclic) bond motifs is 4. The maximum atomic E-state index is 14.4. The number of aromatic nitrogens is 1. The number of halogens is 1. The third-order valence-electron chi connectivity index (χ3n) is 7.00. The van der Waals surface area contributed by atoms with Gasteiger partial charge in [-0.2, -0.15) is 0 Å². The first-order chi connectivity index (χ1) is 17.4. The second kappa shape index (κ2) is 8.86. The maximum absolute atomic E-state index is 14.4. The van der Waals surface area contributed by atoms with Crippen molar-refractivity contribution in [3.05, 3.63) is 86.6 Å². The molecule has 0 saturated carbocycles. The fraction of sp³-hybridized carbons (Fsp3) is 0.308. The Morgan fingerprint density at radius 1 is 1.19 bits per heavy atom. The number of hydrogen-bond acceptors (Lipinski definition) is 7. The summed E-state index contributed by atoms with van der Waals surface area (Å²) < 4.78 is 22.1. The first-order valence-corrected chi connectivity index (χ1v) is 12.9. The summed E-state index contributed by atoms with van der Waals surface area (Å²) in [6, 6.07) is 10.6. The molecule has 8 nitrogen and oxygen atoms in total. The number of amides is 1. The molecule has 0 radical (unpaired) electrons. The van der Waals surface area contributed by atoms with E-state index < -0.39 is 29.5 Å². The summed E-state index contributed by atoms with van der Waals surface area (Å²) in [5, 5.41) is 13.5. The van der Waals surface area contributed by atoms with Crippen LogP contribution in [0.5, 0.6) is 11.5 Å². The molecule has 1 amide bonds. The molecule has 10 heteroatoms. The van der Waals surface area contributed by atoms with E-state index >= 15 is 0 Å². The quantitative estimate of drug-likeness (QED) is 0.501. The number of hydrogen-bond donors (Lipinski definition) is 3. The van der Waals surface area contributed by atoms with Crippen molar-refractivity contribution in [3.8, 4) is 11.5 Å². The van der Waals surface area contributed by atoms with Crippen molar-refractivity contribution in [1.82, 2.24) is 14.9 Å². The molecule has 0 bridgehead atoms. The predicted molar refractivity (Wildman–Crippen MR) is 134 cm³/mol. The molecule has 186 valence electrons. The third-order valence-corrected chi connectivity index (χ3v) is 8.14. The molecule has 36 heavy (non-hydrogen) atoms. The van der Waals surface area contributed by atoms with E-state index in [1.165, 1.54) is 16.9 Å². The van der Waals surface area contributed by atoms with Gasteiger partial charge in [-0.1, -0.05) is 13.0 Å². The minimum absolute atomic E-state index is 0.0805. The van der Waals surface area contributed by atoms with Crippen LogP contribution in [0, 0.1) is 5.82 Å². The van der Waals surface area contributed by atoms with Crippen LogP contribution in [0.3, 0.4) is 0 Å². The lowest BCUT2D eigenvalue weighted by Crippen LogP contribution is -2.68. The number of ether oxygens (including phenoxy) is 1. The van der Waals surface area contributed by atoms with Crippen molar-refractivity contribution in [1.29, 1.82) is 0 Å². The molecular formula is C26H25FN4O4S. The molecule has 3 N–H and O–H groups in total. The van der Waals surface area contributed by atoms with Gasteiger partial charge in [0.25, 0.3) is 5.91 Å². The van der Waals surface area contributed by atoms with E-state index in [1.54, 1.807) is 22.7 Å². The monoisotopic (exact) mass is 508 g/mol. The van der Waals surface area contributed by atoms with Gasteiger partial charge in [0.05, 0.1) is 0 Å². The summed E-state index contributed by atoms with van der Waals surface area (Å²) in [6.45, 7) is 2.87. The van der Waals surface area contributed by atoms with E-state index in [-0.39, 0.29) is 11.5 Å². The van der Waals surface area contributed by atoms with Crippen LogP contribution in [0.25, 0.3) is 0 Å². The number of carbonyl (C=O) groups excluding carboxylic acids is 1. The molecule has 3 aromatic rings. The second-order valence-corrected chi connectivity index (χ2v) is 10.1. The minimum atomic E-state index is -0.601. The van der Waals surface area contributed by atoms with Crippen LogP contribution >= 0.6 is 11.8 Å². The van der Waals surface area contributed by atoms with Gasteiger partial charge in [0.1, 0.15) is 11.6 Å². The first kappa shape index (κ1) is 22.9. The summed E-state index contributed by atoms with van der Waals surface area (Å²) in [5.41, 5.74) is 6.59. The SMILES string of the molecule is CCc1c(F)ccc2c1CSc1ccc(OC3NCCN4C(=O)c5c(O)c(=O)ccn5NC34)cc1C2.